The molecule has 27 heavy (non-hydrogen) atoms. The van der Waals surface area contributed by atoms with E-state index in [0.717, 1.165) is 35.7 Å². The van der Waals surface area contributed by atoms with E-state index in [0.29, 0.717) is 19.0 Å². The Balaban J connectivity index is 1.59. The predicted molar refractivity (Wildman–Crippen MR) is 104 cm³/mol. The van der Waals surface area contributed by atoms with E-state index in [-0.39, 0.29) is 18.4 Å². The Labute approximate surface area is 159 Å². The number of carbonyl (C=O) groups is 2. The van der Waals surface area contributed by atoms with Gasteiger partial charge in [-0.15, -0.1) is 0 Å². The van der Waals surface area contributed by atoms with Crippen LogP contribution >= 0.6 is 0 Å². The Kier molecular flexibility index (Phi) is 6.01. The highest BCUT2D eigenvalue weighted by Gasteiger charge is 2.24. The monoisotopic (exact) mass is 367 g/mol. The van der Waals surface area contributed by atoms with Gasteiger partial charge in [0.1, 0.15) is 11.6 Å². The van der Waals surface area contributed by atoms with Crippen molar-refractivity contribution in [2.75, 3.05) is 25.0 Å². The van der Waals surface area contributed by atoms with Crippen LogP contribution in [-0.4, -0.2) is 46.3 Å². The van der Waals surface area contributed by atoms with Gasteiger partial charge < -0.3 is 15.5 Å². The number of hydrogen-bond donors (Lipinski definition) is 2. The highest BCUT2D eigenvalue weighted by Crippen LogP contribution is 2.28. The van der Waals surface area contributed by atoms with Crippen LogP contribution in [0.1, 0.15) is 36.9 Å². The molecule has 0 bridgehead atoms. The topological polar surface area (TPSA) is 87.2 Å². The third kappa shape index (κ3) is 5.03. The Hall–Kier alpha value is -2.96. The molecule has 3 rings (SSSR count). The quantitative estimate of drug-likeness (QED) is 0.847. The molecule has 3 heterocycles. The van der Waals surface area contributed by atoms with E-state index in [1.807, 2.05) is 42.2 Å². The van der Waals surface area contributed by atoms with Crippen LogP contribution in [0, 0.1) is 6.92 Å². The van der Waals surface area contributed by atoms with Crippen molar-refractivity contribution in [3.8, 4) is 0 Å². The fourth-order valence-corrected chi connectivity index (χ4v) is 3.22. The smallest absolute Gasteiger partial charge is 0.241 e. The summed E-state index contributed by atoms with van der Waals surface area (Å²) in [6.45, 7) is 4.86. The van der Waals surface area contributed by atoms with E-state index < -0.39 is 0 Å². The third-order valence-corrected chi connectivity index (χ3v) is 4.78. The highest BCUT2D eigenvalue weighted by molar-refractivity contribution is 5.83. The molecule has 142 valence electrons. The molecule has 0 atom stereocenters. The molecule has 1 aliphatic heterocycles. The van der Waals surface area contributed by atoms with Gasteiger partial charge in [-0.05, 0) is 43.5 Å². The SMILES string of the molecule is CC(=O)NCC(=O)N1CCC(c2cccc(Nc3ncccc3C)n2)CC1. The Morgan fingerprint density at radius 2 is 1.96 bits per heavy atom. The molecule has 0 spiro atoms. The average molecular weight is 367 g/mol. The summed E-state index contributed by atoms with van der Waals surface area (Å²) < 4.78 is 0. The van der Waals surface area contributed by atoms with Crippen molar-refractivity contribution in [3.63, 3.8) is 0 Å². The molecular weight excluding hydrogens is 342 g/mol. The molecule has 1 aliphatic rings. The summed E-state index contributed by atoms with van der Waals surface area (Å²) in [6.07, 6.45) is 3.49. The number of carbonyl (C=O) groups excluding carboxylic acids is 2. The van der Waals surface area contributed by atoms with Gasteiger partial charge in [-0.1, -0.05) is 12.1 Å². The Bertz CT molecular complexity index is 816. The molecule has 0 radical (unpaired) electrons. The van der Waals surface area contributed by atoms with Crippen molar-refractivity contribution >= 4 is 23.5 Å². The largest absolute Gasteiger partial charge is 0.347 e. The summed E-state index contributed by atoms with van der Waals surface area (Å²) in [4.78, 5) is 34.0. The van der Waals surface area contributed by atoms with Crippen molar-refractivity contribution < 1.29 is 9.59 Å². The zero-order valence-electron chi connectivity index (χ0n) is 15.7. The Morgan fingerprint density at radius 1 is 1.19 bits per heavy atom. The number of aryl methyl sites for hydroxylation is 1. The zero-order chi connectivity index (χ0) is 19.2. The zero-order valence-corrected chi connectivity index (χ0v) is 15.7. The number of hydrogen-bond acceptors (Lipinski definition) is 5. The number of piperidine rings is 1. The van der Waals surface area contributed by atoms with Gasteiger partial charge in [0.15, 0.2) is 0 Å². The van der Waals surface area contributed by atoms with Crippen LogP contribution in [0.25, 0.3) is 0 Å². The number of amides is 2. The number of nitrogens with one attached hydrogen (secondary N) is 2. The van der Waals surface area contributed by atoms with E-state index in [4.69, 9.17) is 4.98 Å². The number of anilines is 2. The first-order valence-electron chi connectivity index (χ1n) is 9.20. The molecule has 2 N–H and O–H groups in total. The molecule has 7 nitrogen and oxygen atoms in total. The number of nitrogens with zero attached hydrogens (tertiary/aromatic N) is 3. The van der Waals surface area contributed by atoms with E-state index in [1.165, 1.54) is 6.92 Å². The summed E-state index contributed by atoms with van der Waals surface area (Å²) in [5.74, 6) is 1.69. The summed E-state index contributed by atoms with van der Waals surface area (Å²) in [5.41, 5.74) is 2.10. The van der Waals surface area contributed by atoms with Gasteiger partial charge in [0.05, 0.1) is 6.54 Å². The second kappa shape index (κ2) is 8.62. The first kappa shape index (κ1) is 18.8. The molecule has 0 aromatic carbocycles. The van der Waals surface area contributed by atoms with Crippen LogP contribution in [0.2, 0.25) is 0 Å². The molecule has 1 fully saturated rings. The number of likely N-dealkylation sites (tertiary alicyclic amines) is 1. The van der Waals surface area contributed by atoms with E-state index in [1.54, 1.807) is 6.20 Å². The molecule has 2 aromatic heterocycles. The van der Waals surface area contributed by atoms with Crippen molar-refractivity contribution in [1.82, 2.24) is 20.2 Å². The highest BCUT2D eigenvalue weighted by atomic mass is 16.2. The summed E-state index contributed by atoms with van der Waals surface area (Å²) >= 11 is 0. The standard InChI is InChI=1S/C20H25N5O2/c1-14-5-4-10-21-20(14)24-18-7-3-6-17(23-18)16-8-11-25(12-9-16)19(27)13-22-15(2)26/h3-7,10,16H,8-9,11-13H2,1-2H3,(H,22,26)(H,21,23,24). The maximum absolute atomic E-state index is 12.1. The molecule has 0 unspecified atom stereocenters. The lowest BCUT2D eigenvalue weighted by molar-refractivity contribution is -0.133. The third-order valence-electron chi connectivity index (χ3n) is 4.78. The number of pyridine rings is 2. The maximum atomic E-state index is 12.1. The first-order chi connectivity index (χ1) is 13.0. The van der Waals surface area contributed by atoms with Crippen LogP contribution < -0.4 is 10.6 Å². The van der Waals surface area contributed by atoms with Gasteiger partial charge in [-0.3, -0.25) is 9.59 Å². The molecule has 0 aliphatic carbocycles. The van der Waals surface area contributed by atoms with Gasteiger partial charge in [-0.25, -0.2) is 9.97 Å². The molecule has 2 aromatic rings. The van der Waals surface area contributed by atoms with Crippen LogP contribution in [0.4, 0.5) is 11.6 Å². The summed E-state index contributed by atoms with van der Waals surface area (Å²) in [7, 11) is 0. The average Bonchev–Trinajstić information content (AvgIpc) is 2.68. The number of rotatable bonds is 5. The van der Waals surface area contributed by atoms with Crippen molar-refractivity contribution in [2.45, 2.75) is 32.6 Å². The summed E-state index contributed by atoms with van der Waals surface area (Å²) in [5, 5.41) is 5.84. The summed E-state index contributed by atoms with van der Waals surface area (Å²) in [6, 6.07) is 9.88. The maximum Gasteiger partial charge on any atom is 0.241 e. The van der Waals surface area contributed by atoms with Crippen molar-refractivity contribution in [3.05, 3.63) is 47.8 Å². The van der Waals surface area contributed by atoms with Gasteiger partial charge in [0, 0.05) is 37.8 Å². The van der Waals surface area contributed by atoms with Crippen LogP contribution in [0.15, 0.2) is 36.5 Å². The van der Waals surface area contributed by atoms with Gasteiger partial charge in [0.25, 0.3) is 0 Å². The van der Waals surface area contributed by atoms with Crippen LogP contribution in [0.5, 0.6) is 0 Å². The van der Waals surface area contributed by atoms with Crippen molar-refractivity contribution in [1.29, 1.82) is 0 Å². The lowest BCUT2D eigenvalue weighted by Gasteiger charge is -2.32. The minimum atomic E-state index is -0.185. The van der Waals surface area contributed by atoms with E-state index >= 15 is 0 Å². The molecular formula is C20H25N5O2. The molecule has 1 saturated heterocycles. The van der Waals surface area contributed by atoms with Crippen molar-refractivity contribution in [2.24, 2.45) is 0 Å². The van der Waals surface area contributed by atoms with E-state index in [9.17, 15) is 9.59 Å². The lowest BCUT2D eigenvalue weighted by Crippen LogP contribution is -2.43. The predicted octanol–water partition coefficient (Wildman–Crippen LogP) is 2.37. The van der Waals surface area contributed by atoms with Gasteiger partial charge in [-0.2, -0.15) is 0 Å². The molecule has 0 saturated carbocycles. The van der Waals surface area contributed by atoms with E-state index in [2.05, 4.69) is 15.6 Å². The second-order valence-electron chi connectivity index (χ2n) is 6.81. The fourth-order valence-electron chi connectivity index (χ4n) is 3.22. The number of aromatic nitrogens is 2. The lowest BCUT2D eigenvalue weighted by atomic mass is 9.93. The van der Waals surface area contributed by atoms with Gasteiger partial charge in [0.2, 0.25) is 11.8 Å². The van der Waals surface area contributed by atoms with Gasteiger partial charge >= 0.3 is 0 Å². The molecule has 7 heteroatoms. The van der Waals surface area contributed by atoms with Crippen LogP contribution in [0.3, 0.4) is 0 Å². The first-order valence-corrected chi connectivity index (χ1v) is 9.20. The normalized spacial score (nSPS) is 14.7. The molecule has 2 amide bonds. The van der Waals surface area contributed by atoms with Crippen LogP contribution in [-0.2, 0) is 9.59 Å². The minimum Gasteiger partial charge on any atom is -0.347 e. The second-order valence-corrected chi connectivity index (χ2v) is 6.81. The Morgan fingerprint density at radius 3 is 2.67 bits per heavy atom. The fraction of sp³-hybridized carbons (Fsp3) is 0.400. The minimum absolute atomic E-state index is 0.0300.